The smallest absolute Gasteiger partial charge is 0.307 e. The van der Waals surface area contributed by atoms with Crippen molar-refractivity contribution in [1.82, 2.24) is 20.2 Å². The fourth-order valence-corrected chi connectivity index (χ4v) is 13.1. The molecule has 4 saturated carbocycles. The number of carbonyl (C=O) groups is 1. The minimum Gasteiger partial charge on any atom is -0.481 e. The van der Waals surface area contributed by atoms with E-state index in [9.17, 15) is 9.90 Å². The van der Waals surface area contributed by atoms with Gasteiger partial charge in [0.2, 0.25) is 0 Å². The van der Waals surface area contributed by atoms with Gasteiger partial charge in [-0.2, -0.15) is 4.80 Å². The van der Waals surface area contributed by atoms with Crippen LogP contribution in [0.15, 0.2) is 11.6 Å². The molecule has 0 spiro atoms. The van der Waals surface area contributed by atoms with Gasteiger partial charge in [-0.15, -0.1) is 5.10 Å². The number of nitrogens with zero attached hydrogens (tertiary/aromatic N) is 4. The van der Waals surface area contributed by atoms with Crippen LogP contribution in [0.2, 0.25) is 0 Å². The van der Waals surface area contributed by atoms with E-state index in [1.54, 1.807) is 4.80 Å². The minimum atomic E-state index is -0.634. The molecule has 5 fully saturated rings. The first-order valence-electron chi connectivity index (χ1n) is 19.0. The van der Waals surface area contributed by atoms with Gasteiger partial charge in [0, 0.05) is 11.0 Å². The van der Waals surface area contributed by atoms with Crippen molar-refractivity contribution in [2.75, 3.05) is 25.6 Å². The Morgan fingerprint density at radius 2 is 1.79 bits per heavy atom. The van der Waals surface area contributed by atoms with E-state index in [1.807, 2.05) is 0 Å². The van der Waals surface area contributed by atoms with E-state index in [-0.39, 0.29) is 51.2 Å². The number of tetrazole rings is 1. The number of anilines is 1. The molecule has 11 atom stereocenters. The molecular weight excluding hydrogens is 604 g/mol. The summed E-state index contributed by atoms with van der Waals surface area (Å²) in [4.78, 5) is 15.2. The molecule has 0 unspecified atom stereocenters. The van der Waals surface area contributed by atoms with Crippen molar-refractivity contribution in [1.29, 1.82) is 0 Å². The van der Waals surface area contributed by atoms with Crippen LogP contribution in [0.3, 0.4) is 0 Å². The maximum atomic E-state index is 13.5. The van der Waals surface area contributed by atoms with Crippen LogP contribution in [0, 0.1) is 56.7 Å². The highest BCUT2D eigenvalue weighted by Crippen LogP contribution is 2.75. The van der Waals surface area contributed by atoms with Gasteiger partial charge in [0.1, 0.15) is 6.04 Å². The molecular formula is C38H62N6O4. The lowest BCUT2D eigenvalue weighted by atomic mass is 9.34. The van der Waals surface area contributed by atoms with E-state index in [1.165, 1.54) is 12.0 Å². The number of nitrogens with two attached hydrogens (primary N) is 2. The molecule has 2 bridgehead atoms. The third-order valence-electron chi connectivity index (χ3n) is 16.2. The zero-order valence-corrected chi connectivity index (χ0v) is 30.6. The number of allylic oxidation sites excluding steroid dienone is 1. The van der Waals surface area contributed by atoms with Crippen molar-refractivity contribution >= 4 is 11.9 Å². The lowest BCUT2D eigenvalue weighted by molar-refractivity contribution is -0.255. The van der Waals surface area contributed by atoms with Crippen molar-refractivity contribution in [3.05, 3.63) is 11.6 Å². The zero-order chi connectivity index (χ0) is 34.5. The van der Waals surface area contributed by atoms with E-state index < -0.39 is 17.3 Å². The summed E-state index contributed by atoms with van der Waals surface area (Å²) in [7, 11) is 0. The number of ether oxygens (including phenoxy) is 2. The van der Waals surface area contributed by atoms with Gasteiger partial charge < -0.3 is 26.0 Å². The Morgan fingerprint density at radius 3 is 2.44 bits per heavy atom. The topological polar surface area (TPSA) is 151 Å². The largest absolute Gasteiger partial charge is 0.481 e. The number of carboxylic acid groups (broad SMARTS) is 1. The van der Waals surface area contributed by atoms with Crippen molar-refractivity contribution in [3.8, 4) is 0 Å². The van der Waals surface area contributed by atoms with Gasteiger partial charge in [0.25, 0.3) is 5.95 Å². The molecule has 1 aromatic heterocycles. The molecule has 5 aliphatic carbocycles. The highest BCUT2D eigenvalue weighted by atomic mass is 16.5. The molecule has 1 saturated heterocycles. The second-order valence-corrected chi connectivity index (χ2v) is 18.8. The number of fused-ring (bicyclic) bond motifs is 3. The fourth-order valence-electron chi connectivity index (χ4n) is 13.1. The molecule has 1 aromatic rings. The van der Waals surface area contributed by atoms with E-state index >= 15 is 0 Å². The second kappa shape index (κ2) is 11.5. The zero-order valence-electron chi connectivity index (χ0n) is 30.6. The Balaban J connectivity index is 1.36. The first kappa shape index (κ1) is 34.4. The molecule has 6 aliphatic rings. The summed E-state index contributed by atoms with van der Waals surface area (Å²) < 4.78 is 14.0. The summed E-state index contributed by atoms with van der Waals surface area (Å²) in [6, 6.07) is -0.166. The lowest BCUT2D eigenvalue weighted by Crippen LogP contribution is -2.70. The van der Waals surface area contributed by atoms with Gasteiger partial charge in [0.05, 0.1) is 31.8 Å². The van der Waals surface area contributed by atoms with Gasteiger partial charge in [0.15, 0.2) is 0 Å². The summed E-state index contributed by atoms with van der Waals surface area (Å²) in [6.45, 7) is 18.0. The molecule has 1 aliphatic heterocycles. The summed E-state index contributed by atoms with van der Waals surface area (Å²) in [5.74, 6) is 0.419. The number of aliphatic carboxylic acids is 1. The van der Waals surface area contributed by atoms with Crippen molar-refractivity contribution < 1.29 is 19.4 Å². The van der Waals surface area contributed by atoms with Gasteiger partial charge in [-0.25, -0.2) is 0 Å². The quantitative estimate of drug-likeness (QED) is 0.280. The first-order valence-corrected chi connectivity index (χ1v) is 19.0. The van der Waals surface area contributed by atoms with E-state index in [2.05, 4.69) is 70.0 Å². The van der Waals surface area contributed by atoms with Gasteiger partial charge in [-0.3, -0.25) is 4.79 Å². The Morgan fingerprint density at radius 1 is 1.06 bits per heavy atom. The maximum absolute atomic E-state index is 13.5. The Kier molecular flexibility index (Phi) is 8.24. The number of nitrogen functional groups attached to an aromatic ring is 1. The minimum absolute atomic E-state index is 0.106. The third kappa shape index (κ3) is 4.73. The van der Waals surface area contributed by atoms with Crippen LogP contribution in [0.25, 0.3) is 0 Å². The van der Waals surface area contributed by atoms with Crippen molar-refractivity contribution in [2.24, 2.45) is 62.4 Å². The predicted molar refractivity (Wildman–Crippen MR) is 185 cm³/mol. The van der Waals surface area contributed by atoms with Crippen LogP contribution >= 0.6 is 0 Å². The number of rotatable bonds is 7. The van der Waals surface area contributed by atoms with E-state index in [0.717, 1.165) is 64.2 Å². The molecule has 10 heteroatoms. The van der Waals surface area contributed by atoms with Crippen molar-refractivity contribution in [2.45, 2.75) is 137 Å². The summed E-state index contributed by atoms with van der Waals surface area (Å²) in [5, 5.41) is 24.3. The lowest BCUT2D eigenvalue weighted by Gasteiger charge is -2.71. The molecule has 268 valence electrons. The molecule has 10 nitrogen and oxygen atoms in total. The number of aromatic nitrogens is 4. The molecule has 2 heterocycles. The van der Waals surface area contributed by atoms with Gasteiger partial charge in [-0.1, -0.05) is 84.5 Å². The van der Waals surface area contributed by atoms with Gasteiger partial charge in [-0.05, 0) is 102 Å². The Bertz CT molecular complexity index is 1440. The van der Waals surface area contributed by atoms with Crippen LogP contribution < -0.4 is 11.5 Å². The number of hydrogen-bond acceptors (Lipinski definition) is 8. The van der Waals surface area contributed by atoms with Gasteiger partial charge >= 0.3 is 5.97 Å². The maximum Gasteiger partial charge on any atom is 0.307 e. The predicted octanol–water partition coefficient (Wildman–Crippen LogP) is 6.43. The first-order chi connectivity index (χ1) is 22.5. The average Bonchev–Trinajstić information content (AvgIpc) is 3.46. The highest BCUT2D eigenvalue weighted by Gasteiger charge is 2.73. The molecule has 0 amide bonds. The van der Waals surface area contributed by atoms with Crippen LogP contribution in [0.5, 0.6) is 0 Å². The Labute approximate surface area is 287 Å². The molecule has 0 radical (unpaired) electrons. The summed E-state index contributed by atoms with van der Waals surface area (Å²) in [5.41, 5.74) is 12.9. The van der Waals surface area contributed by atoms with E-state index in [4.69, 9.17) is 20.9 Å². The summed E-state index contributed by atoms with van der Waals surface area (Å²) in [6.07, 6.45) is 13.3. The van der Waals surface area contributed by atoms with E-state index in [0.29, 0.717) is 37.6 Å². The number of hydrogen-bond donors (Lipinski definition) is 3. The number of carboxylic acids is 1. The standard InChI is InChI=1S/C38H62N6O4/c1-23(2)24(3)34(5)17-18-35(6)25-11-12-28-33(4)19-27(44-42-32(39)41-43-44)30(48-21-37(40)14-9-8-10-15-37)38(28,22-47-20-33)26(25)13-16-36(35,7)29(34)31(45)46/h13,23-25,27-30H,8-12,14-22,40H2,1-7H3,(H2,39,42)(H,45,46)/t24-,25+,27-,28-,29-,30+,33-,34-,35-,36+,38+/m1/s1. The van der Waals surface area contributed by atoms with Crippen LogP contribution in [-0.2, 0) is 14.3 Å². The van der Waals surface area contributed by atoms with Crippen LogP contribution in [0.4, 0.5) is 5.95 Å². The Hall–Kier alpha value is -2.04. The molecule has 7 rings (SSSR count). The fraction of sp³-hybridized carbons (Fsp3) is 0.895. The summed E-state index contributed by atoms with van der Waals surface area (Å²) >= 11 is 0. The molecule has 0 aromatic carbocycles. The van der Waals surface area contributed by atoms with Crippen LogP contribution in [0.1, 0.15) is 125 Å². The highest BCUT2D eigenvalue weighted by molar-refractivity contribution is 5.73. The normalized spacial score (nSPS) is 45.8. The van der Waals surface area contributed by atoms with Crippen LogP contribution in [-0.4, -0.2) is 62.7 Å². The molecule has 48 heavy (non-hydrogen) atoms. The second-order valence-electron chi connectivity index (χ2n) is 18.8. The SMILES string of the molecule is CC(C)[C@@H](C)[C@@]1(C)CC[C@]2(C)[C@H]3CC[C@@H]4[C@@]5(C)COC[C@@]4(C3=CC[C@@]2(C)[C@@H]1C(=O)O)[C@@H](OCC1(N)CCCCC1)[C@H](n1nnc(N)n1)C5. The monoisotopic (exact) mass is 666 g/mol. The van der Waals surface area contributed by atoms with Crippen molar-refractivity contribution in [3.63, 3.8) is 0 Å². The average molecular weight is 667 g/mol. The molecule has 5 N–H and O–H groups in total. The third-order valence-corrected chi connectivity index (χ3v) is 16.2.